The molecule has 0 aliphatic heterocycles. The lowest BCUT2D eigenvalue weighted by molar-refractivity contribution is -0.129. The normalized spacial score (nSPS) is 14.2. The number of benzene rings is 4. The van der Waals surface area contributed by atoms with Gasteiger partial charge in [0.25, 0.3) is 0 Å². The van der Waals surface area contributed by atoms with Gasteiger partial charge < -0.3 is 31.0 Å². The van der Waals surface area contributed by atoms with Gasteiger partial charge in [0.05, 0.1) is 0 Å². The van der Waals surface area contributed by atoms with Crippen LogP contribution >= 0.6 is 7.37 Å². The van der Waals surface area contributed by atoms with Crippen LogP contribution in [0.4, 0.5) is 4.79 Å². The van der Waals surface area contributed by atoms with E-state index in [1.165, 1.54) is 0 Å². The second-order valence-electron chi connectivity index (χ2n) is 12.5. The average molecular weight is 695 g/mol. The van der Waals surface area contributed by atoms with Crippen molar-refractivity contribution in [2.45, 2.75) is 50.5 Å². The van der Waals surface area contributed by atoms with Crippen LogP contribution in [0.5, 0.6) is 0 Å². The minimum atomic E-state index is -4.29. The second-order valence-corrected chi connectivity index (χ2v) is 15.0. The largest absolute Gasteiger partial charge is 0.445 e. The minimum absolute atomic E-state index is 0.0179. The number of hydrogen-bond acceptors (Lipinski definition) is 5. The van der Waals surface area contributed by atoms with Crippen molar-refractivity contribution >= 4 is 36.2 Å². The number of ether oxygens (including phenoxy) is 1. The monoisotopic (exact) mass is 694 g/mol. The number of carbonyl (C=O) groups is 3. The van der Waals surface area contributed by atoms with Gasteiger partial charge in [-0.15, -0.1) is 0 Å². The van der Waals surface area contributed by atoms with Crippen LogP contribution in [-0.4, -0.2) is 45.8 Å². The topological polar surface area (TPSA) is 164 Å². The highest BCUT2D eigenvalue weighted by Crippen LogP contribution is 2.49. The Morgan fingerprint density at radius 2 is 1.38 bits per heavy atom. The lowest BCUT2D eigenvalue weighted by Gasteiger charge is -2.28. The van der Waals surface area contributed by atoms with Crippen molar-refractivity contribution < 1.29 is 28.6 Å². The van der Waals surface area contributed by atoms with E-state index in [2.05, 4.69) is 15.6 Å². The Morgan fingerprint density at radius 3 is 2.04 bits per heavy atom. The molecule has 5 aromatic rings. The van der Waals surface area contributed by atoms with Crippen LogP contribution in [0.1, 0.15) is 35.1 Å². The number of primary amides is 1. The summed E-state index contributed by atoms with van der Waals surface area (Å²) in [5.41, 5.74) is 10.0. The van der Waals surface area contributed by atoms with E-state index in [0.29, 0.717) is 12.8 Å². The van der Waals surface area contributed by atoms with Gasteiger partial charge >= 0.3 is 6.09 Å². The van der Waals surface area contributed by atoms with Gasteiger partial charge in [-0.3, -0.25) is 14.2 Å². The highest BCUT2D eigenvalue weighted by atomic mass is 31.2. The van der Waals surface area contributed by atoms with Gasteiger partial charge in [0.1, 0.15) is 18.4 Å². The molecule has 0 saturated carbocycles. The van der Waals surface area contributed by atoms with Crippen LogP contribution < -0.4 is 16.4 Å². The maximum atomic E-state index is 14.3. The van der Waals surface area contributed by atoms with Gasteiger partial charge in [0, 0.05) is 42.0 Å². The van der Waals surface area contributed by atoms with Crippen molar-refractivity contribution in [2.24, 2.45) is 11.7 Å². The molecule has 10 nitrogen and oxygen atoms in total. The van der Waals surface area contributed by atoms with Crippen LogP contribution in [0.3, 0.4) is 0 Å². The Bertz CT molecular complexity index is 1900. The molecule has 0 spiro atoms. The number of amides is 3. The van der Waals surface area contributed by atoms with Crippen molar-refractivity contribution in [1.29, 1.82) is 0 Å². The van der Waals surface area contributed by atoms with E-state index in [0.717, 1.165) is 33.2 Å². The molecule has 0 aliphatic carbocycles. The van der Waals surface area contributed by atoms with Crippen molar-refractivity contribution in [3.8, 4) is 0 Å². The predicted molar refractivity (Wildman–Crippen MR) is 194 cm³/mol. The summed E-state index contributed by atoms with van der Waals surface area (Å²) in [5.74, 6) is -3.47. The fourth-order valence-electron chi connectivity index (χ4n) is 6.01. The molecule has 4 aromatic carbocycles. The number of H-pyrrole nitrogens is 1. The smallest absolute Gasteiger partial charge is 0.408 e. The summed E-state index contributed by atoms with van der Waals surface area (Å²) in [6, 6.07) is 34.5. The summed E-state index contributed by atoms with van der Waals surface area (Å²) in [6.07, 6.45) is 2.14. The molecule has 3 unspecified atom stereocenters. The van der Waals surface area contributed by atoms with Crippen molar-refractivity contribution in [3.63, 3.8) is 0 Å². The molecule has 1 heterocycles. The van der Waals surface area contributed by atoms with Gasteiger partial charge in [0.15, 0.2) is 0 Å². The summed E-state index contributed by atoms with van der Waals surface area (Å²) in [4.78, 5) is 54.4. The molecule has 0 fully saturated rings. The third-order valence-electron chi connectivity index (χ3n) is 8.73. The van der Waals surface area contributed by atoms with E-state index in [1.807, 2.05) is 91.0 Å². The van der Waals surface area contributed by atoms with Gasteiger partial charge in [-0.25, -0.2) is 4.79 Å². The van der Waals surface area contributed by atoms with Gasteiger partial charge in [-0.1, -0.05) is 109 Å². The fourth-order valence-corrected chi connectivity index (χ4v) is 8.05. The van der Waals surface area contributed by atoms with Gasteiger partial charge in [-0.2, -0.15) is 0 Å². The molecule has 3 amide bonds. The zero-order chi connectivity index (χ0) is 35.3. The number of carbonyl (C=O) groups excluding carboxylic acids is 3. The molecule has 0 saturated heterocycles. The van der Waals surface area contributed by atoms with E-state index < -0.39 is 49.2 Å². The van der Waals surface area contributed by atoms with E-state index >= 15 is 0 Å². The molecule has 11 heteroatoms. The number of aromatic amines is 1. The molecular weight excluding hydrogens is 651 g/mol. The lowest BCUT2D eigenvalue weighted by atomic mass is 9.98. The third kappa shape index (κ3) is 10.4. The van der Waals surface area contributed by atoms with Crippen LogP contribution in [-0.2, 0) is 44.8 Å². The molecular formula is C39H43N4O6P. The van der Waals surface area contributed by atoms with Crippen molar-refractivity contribution in [1.82, 2.24) is 15.6 Å². The standard InChI is InChI=1S/C39H43N4O6P/c40-37(44)35(24-32-25-41-34-22-11-10-21-33(32)34)42-38(45)31(20-12-19-28-13-4-1-5-14-28)27-50(47,48)36(23-29-15-6-2-7-16-29)43-39(46)49-26-30-17-8-3-9-18-30/h1-11,13-18,21-22,25,31,35-36,41H,12,19-20,23-24,26-27H2,(H2,40,44)(H,42,45)(H,43,46)(H,47,48)/t31?,35?,36-/m1/s1. The Morgan fingerprint density at radius 1 is 0.780 bits per heavy atom. The summed E-state index contributed by atoms with van der Waals surface area (Å²) in [6.45, 7) is -0.0179. The number of alkyl carbamates (subject to hydrolysis) is 1. The number of aromatic nitrogens is 1. The molecule has 0 radical (unpaired) electrons. The summed E-state index contributed by atoms with van der Waals surface area (Å²) >= 11 is 0. The molecule has 1 aromatic heterocycles. The van der Waals surface area contributed by atoms with E-state index in [9.17, 15) is 23.8 Å². The number of hydrogen-bond donors (Lipinski definition) is 5. The number of rotatable bonds is 17. The maximum absolute atomic E-state index is 14.3. The first-order valence-corrected chi connectivity index (χ1v) is 18.6. The highest BCUT2D eigenvalue weighted by Gasteiger charge is 2.38. The predicted octanol–water partition coefficient (Wildman–Crippen LogP) is 6.09. The zero-order valence-corrected chi connectivity index (χ0v) is 28.6. The molecule has 4 atom stereocenters. The number of nitrogens with two attached hydrogens (primary N) is 1. The van der Waals surface area contributed by atoms with Crippen molar-refractivity contribution in [3.05, 3.63) is 144 Å². The maximum Gasteiger partial charge on any atom is 0.408 e. The molecule has 50 heavy (non-hydrogen) atoms. The van der Waals surface area contributed by atoms with E-state index in [1.54, 1.807) is 30.5 Å². The first-order valence-electron chi connectivity index (χ1n) is 16.7. The summed E-state index contributed by atoms with van der Waals surface area (Å²) < 4.78 is 19.7. The third-order valence-corrected chi connectivity index (χ3v) is 11.0. The Balaban J connectivity index is 1.35. The van der Waals surface area contributed by atoms with Crippen LogP contribution in [0.25, 0.3) is 10.9 Å². The zero-order valence-electron chi connectivity index (χ0n) is 27.7. The average Bonchev–Trinajstić information content (AvgIpc) is 3.53. The Kier molecular flexibility index (Phi) is 12.6. The molecule has 5 rings (SSSR count). The number of nitrogens with one attached hydrogen (secondary N) is 3. The Hall–Kier alpha value is -5.18. The van der Waals surface area contributed by atoms with Crippen LogP contribution in [0.2, 0.25) is 0 Å². The minimum Gasteiger partial charge on any atom is -0.445 e. The number of para-hydroxylation sites is 1. The van der Waals surface area contributed by atoms with E-state index in [4.69, 9.17) is 10.5 Å². The van der Waals surface area contributed by atoms with Crippen molar-refractivity contribution in [2.75, 3.05) is 6.16 Å². The molecule has 6 N–H and O–H groups in total. The SMILES string of the molecule is NC(=O)C(Cc1c[nH]c2ccccc12)NC(=O)C(CCCc1ccccc1)CP(=O)(O)[C@H](Cc1ccccc1)NC(=O)OCc1ccccc1. The van der Waals surface area contributed by atoms with E-state index in [-0.39, 0.29) is 25.9 Å². The fraction of sp³-hybridized carbons (Fsp3) is 0.256. The highest BCUT2D eigenvalue weighted by molar-refractivity contribution is 7.58. The first-order chi connectivity index (χ1) is 24.2. The summed E-state index contributed by atoms with van der Waals surface area (Å²) in [5, 5.41) is 6.32. The molecule has 260 valence electrons. The quantitative estimate of drug-likeness (QED) is 0.0741. The van der Waals surface area contributed by atoms with Gasteiger partial charge in [-0.05, 0) is 47.6 Å². The van der Waals surface area contributed by atoms with Gasteiger partial charge in [0.2, 0.25) is 19.2 Å². The second kappa shape index (κ2) is 17.5. The Labute approximate surface area is 291 Å². The molecule has 0 bridgehead atoms. The number of fused-ring (bicyclic) bond motifs is 1. The molecule has 0 aliphatic rings. The summed E-state index contributed by atoms with van der Waals surface area (Å²) in [7, 11) is -4.29. The number of aryl methyl sites for hydroxylation is 1. The lowest BCUT2D eigenvalue weighted by Crippen LogP contribution is -2.48. The van der Waals surface area contributed by atoms with Crippen LogP contribution in [0, 0.1) is 5.92 Å². The first kappa shape index (κ1) is 36.1. The van der Waals surface area contributed by atoms with Crippen LogP contribution in [0.15, 0.2) is 121 Å².